The van der Waals surface area contributed by atoms with E-state index < -0.39 is 6.10 Å². The van der Waals surface area contributed by atoms with E-state index in [9.17, 15) is 9.50 Å². The number of benzene rings is 2. The van der Waals surface area contributed by atoms with Crippen molar-refractivity contribution in [2.45, 2.75) is 25.7 Å². The number of halogens is 3. The minimum absolute atomic E-state index is 0.0454. The van der Waals surface area contributed by atoms with E-state index in [1.165, 1.54) is 6.07 Å². The zero-order valence-corrected chi connectivity index (χ0v) is 14.8. The van der Waals surface area contributed by atoms with Gasteiger partial charge in [-0.1, -0.05) is 47.5 Å². The number of hydrogen-bond donors (Lipinski definition) is 2. The molecule has 0 aliphatic carbocycles. The van der Waals surface area contributed by atoms with Gasteiger partial charge in [-0.05, 0) is 30.7 Å². The fourth-order valence-corrected chi connectivity index (χ4v) is 2.83. The maximum atomic E-state index is 13.4. The van der Waals surface area contributed by atoms with Crippen molar-refractivity contribution in [1.29, 1.82) is 0 Å². The average molecular weight is 372 g/mol. The van der Waals surface area contributed by atoms with Crippen molar-refractivity contribution >= 4 is 23.2 Å². The Hall–Kier alpha value is -1.17. The van der Waals surface area contributed by atoms with Crippen LogP contribution in [0.3, 0.4) is 0 Å². The molecular formula is C18H20Cl2FNO2. The third-order valence-corrected chi connectivity index (χ3v) is 4.18. The SMILES string of the molecule is CC(NCC(O)COCc1ccccc1F)c1ccc(Cl)cc1Cl. The quantitative estimate of drug-likeness (QED) is 0.724. The number of nitrogens with one attached hydrogen (secondary N) is 1. The van der Waals surface area contributed by atoms with Crippen LogP contribution in [0.5, 0.6) is 0 Å². The van der Waals surface area contributed by atoms with E-state index in [0.29, 0.717) is 22.2 Å². The molecule has 2 rings (SSSR count). The minimum atomic E-state index is -0.703. The summed E-state index contributed by atoms with van der Waals surface area (Å²) in [7, 11) is 0. The summed E-state index contributed by atoms with van der Waals surface area (Å²) in [5, 5.41) is 14.3. The molecule has 2 atom stereocenters. The monoisotopic (exact) mass is 371 g/mol. The molecule has 0 amide bonds. The second-order valence-corrected chi connectivity index (χ2v) is 6.40. The first kappa shape index (κ1) is 19.2. The van der Waals surface area contributed by atoms with Crippen LogP contribution >= 0.6 is 23.2 Å². The minimum Gasteiger partial charge on any atom is -0.389 e. The second-order valence-electron chi connectivity index (χ2n) is 5.56. The molecule has 6 heteroatoms. The largest absolute Gasteiger partial charge is 0.389 e. The highest BCUT2D eigenvalue weighted by Gasteiger charge is 2.12. The highest BCUT2D eigenvalue weighted by Crippen LogP contribution is 2.25. The molecule has 0 bridgehead atoms. The molecule has 2 aromatic rings. The predicted molar refractivity (Wildman–Crippen MR) is 94.9 cm³/mol. The van der Waals surface area contributed by atoms with Crippen molar-refractivity contribution in [3.05, 3.63) is 69.5 Å². The summed E-state index contributed by atoms with van der Waals surface area (Å²) in [5.41, 5.74) is 1.37. The normalized spacial score (nSPS) is 13.7. The van der Waals surface area contributed by atoms with Gasteiger partial charge in [0.2, 0.25) is 0 Å². The van der Waals surface area contributed by atoms with E-state index in [0.717, 1.165) is 5.56 Å². The molecule has 0 aliphatic rings. The topological polar surface area (TPSA) is 41.5 Å². The van der Waals surface area contributed by atoms with Crippen molar-refractivity contribution in [3.8, 4) is 0 Å². The molecule has 130 valence electrons. The van der Waals surface area contributed by atoms with Gasteiger partial charge in [0.1, 0.15) is 5.82 Å². The number of hydrogen-bond acceptors (Lipinski definition) is 3. The Labute approximate surface area is 151 Å². The van der Waals surface area contributed by atoms with Gasteiger partial charge in [0.15, 0.2) is 0 Å². The number of aliphatic hydroxyl groups is 1. The first-order valence-corrected chi connectivity index (χ1v) is 8.40. The fraction of sp³-hybridized carbons (Fsp3) is 0.333. The first-order valence-electron chi connectivity index (χ1n) is 7.65. The highest BCUT2D eigenvalue weighted by molar-refractivity contribution is 6.35. The molecule has 2 unspecified atom stereocenters. The van der Waals surface area contributed by atoms with Crippen LogP contribution < -0.4 is 5.32 Å². The van der Waals surface area contributed by atoms with Gasteiger partial charge in [0.25, 0.3) is 0 Å². The van der Waals surface area contributed by atoms with Gasteiger partial charge in [0.05, 0.1) is 19.3 Å². The summed E-state index contributed by atoms with van der Waals surface area (Å²) in [6.07, 6.45) is -0.703. The zero-order valence-electron chi connectivity index (χ0n) is 13.3. The Morgan fingerprint density at radius 2 is 1.96 bits per heavy atom. The van der Waals surface area contributed by atoms with Crippen LogP contribution in [0.2, 0.25) is 10.0 Å². The van der Waals surface area contributed by atoms with Crippen molar-refractivity contribution in [3.63, 3.8) is 0 Å². The molecule has 0 fully saturated rings. The van der Waals surface area contributed by atoms with E-state index in [-0.39, 0.29) is 25.1 Å². The lowest BCUT2D eigenvalue weighted by Crippen LogP contribution is -2.32. The van der Waals surface area contributed by atoms with Crippen molar-refractivity contribution in [2.75, 3.05) is 13.2 Å². The van der Waals surface area contributed by atoms with Crippen LogP contribution in [0, 0.1) is 5.82 Å². The fourth-order valence-electron chi connectivity index (χ4n) is 2.25. The summed E-state index contributed by atoms with van der Waals surface area (Å²) in [6, 6.07) is 11.7. The van der Waals surface area contributed by atoms with Crippen LogP contribution in [0.1, 0.15) is 24.1 Å². The lowest BCUT2D eigenvalue weighted by molar-refractivity contribution is 0.0268. The number of aliphatic hydroxyl groups excluding tert-OH is 1. The molecule has 2 N–H and O–H groups in total. The third-order valence-electron chi connectivity index (χ3n) is 3.61. The molecule has 0 aromatic heterocycles. The molecule has 0 heterocycles. The molecule has 0 spiro atoms. The Balaban J connectivity index is 1.74. The van der Waals surface area contributed by atoms with E-state index in [1.807, 2.05) is 13.0 Å². The van der Waals surface area contributed by atoms with Gasteiger partial charge in [-0.2, -0.15) is 0 Å². The van der Waals surface area contributed by atoms with E-state index in [4.69, 9.17) is 27.9 Å². The van der Waals surface area contributed by atoms with Crippen LogP contribution in [0.15, 0.2) is 42.5 Å². The maximum Gasteiger partial charge on any atom is 0.128 e. The number of ether oxygens (including phenoxy) is 1. The first-order chi connectivity index (χ1) is 11.5. The second kappa shape index (κ2) is 9.35. The van der Waals surface area contributed by atoms with Gasteiger partial charge in [0, 0.05) is 28.2 Å². The zero-order chi connectivity index (χ0) is 17.5. The van der Waals surface area contributed by atoms with Crippen molar-refractivity contribution < 1.29 is 14.2 Å². The molecule has 0 aliphatic heterocycles. The molecule has 24 heavy (non-hydrogen) atoms. The van der Waals surface area contributed by atoms with Crippen LogP contribution in [-0.2, 0) is 11.3 Å². The smallest absolute Gasteiger partial charge is 0.128 e. The maximum absolute atomic E-state index is 13.4. The highest BCUT2D eigenvalue weighted by atomic mass is 35.5. The van der Waals surface area contributed by atoms with Crippen LogP contribution in [0.25, 0.3) is 0 Å². The summed E-state index contributed by atoms with van der Waals surface area (Å²) in [6.45, 7) is 2.52. The lowest BCUT2D eigenvalue weighted by atomic mass is 10.1. The third kappa shape index (κ3) is 5.72. The summed E-state index contributed by atoms with van der Waals surface area (Å²) < 4.78 is 18.8. The Kier molecular flexibility index (Phi) is 7.46. The summed E-state index contributed by atoms with van der Waals surface area (Å²) in [4.78, 5) is 0. The predicted octanol–water partition coefficient (Wildman–Crippen LogP) is 4.36. The van der Waals surface area contributed by atoms with Gasteiger partial charge in [-0.3, -0.25) is 0 Å². The van der Waals surface area contributed by atoms with E-state index >= 15 is 0 Å². The average Bonchev–Trinajstić information content (AvgIpc) is 2.54. The van der Waals surface area contributed by atoms with Gasteiger partial charge >= 0.3 is 0 Å². The van der Waals surface area contributed by atoms with Gasteiger partial charge in [-0.15, -0.1) is 0 Å². The van der Waals surface area contributed by atoms with Gasteiger partial charge in [-0.25, -0.2) is 4.39 Å². The Bertz CT molecular complexity index is 669. The van der Waals surface area contributed by atoms with Crippen molar-refractivity contribution in [1.82, 2.24) is 5.32 Å². The summed E-state index contributed by atoms with van der Waals surface area (Å²) in [5.74, 6) is -0.309. The standard InChI is InChI=1S/C18H20Cl2FNO2/c1-12(16-7-6-14(19)8-17(16)20)22-9-15(23)11-24-10-13-4-2-3-5-18(13)21/h2-8,12,15,22-23H,9-11H2,1H3. The van der Waals surface area contributed by atoms with Crippen LogP contribution in [-0.4, -0.2) is 24.4 Å². The molecule has 2 aromatic carbocycles. The number of rotatable bonds is 8. The molecular weight excluding hydrogens is 352 g/mol. The molecule has 0 saturated heterocycles. The van der Waals surface area contributed by atoms with Crippen molar-refractivity contribution in [2.24, 2.45) is 0 Å². The summed E-state index contributed by atoms with van der Waals surface area (Å²) >= 11 is 12.0. The van der Waals surface area contributed by atoms with Gasteiger partial charge < -0.3 is 15.2 Å². The molecule has 0 saturated carbocycles. The van der Waals surface area contributed by atoms with Crippen LogP contribution in [0.4, 0.5) is 4.39 Å². The Morgan fingerprint density at radius 1 is 1.21 bits per heavy atom. The molecule has 3 nitrogen and oxygen atoms in total. The van der Waals surface area contributed by atoms with E-state index in [1.54, 1.807) is 30.3 Å². The van der Waals surface area contributed by atoms with E-state index in [2.05, 4.69) is 5.32 Å². The lowest BCUT2D eigenvalue weighted by Gasteiger charge is -2.19. The Morgan fingerprint density at radius 3 is 2.67 bits per heavy atom. The molecule has 0 radical (unpaired) electrons.